The summed E-state index contributed by atoms with van der Waals surface area (Å²) in [4.78, 5) is 13.7. The summed E-state index contributed by atoms with van der Waals surface area (Å²) in [5.74, 6) is -0.248. The molecule has 20 heavy (non-hydrogen) atoms. The maximum Gasteiger partial charge on any atom is 0.416 e. The zero-order valence-electron chi connectivity index (χ0n) is 10.9. The molecule has 0 radical (unpaired) electrons. The van der Waals surface area contributed by atoms with E-state index in [0.29, 0.717) is 0 Å². The van der Waals surface area contributed by atoms with Gasteiger partial charge in [0, 0.05) is 25.2 Å². The summed E-state index contributed by atoms with van der Waals surface area (Å²) in [6.45, 7) is 1.58. The Morgan fingerprint density at radius 1 is 1.30 bits per heavy atom. The quantitative estimate of drug-likeness (QED) is 0.911. The van der Waals surface area contributed by atoms with Crippen LogP contribution in [0.25, 0.3) is 0 Å². The summed E-state index contributed by atoms with van der Waals surface area (Å²) in [5.41, 5.74) is -0.461. The van der Waals surface area contributed by atoms with Gasteiger partial charge >= 0.3 is 6.18 Å². The van der Waals surface area contributed by atoms with Crippen LogP contribution in [0.15, 0.2) is 24.3 Å². The van der Waals surface area contributed by atoms with Gasteiger partial charge in [0.05, 0.1) is 5.56 Å². The van der Waals surface area contributed by atoms with Crippen LogP contribution in [0.4, 0.5) is 13.2 Å². The highest BCUT2D eigenvalue weighted by Crippen LogP contribution is 2.29. The molecule has 3 nitrogen and oxygen atoms in total. The van der Waals surface area contributed by atoms with Crippen molar-refractivity contribution in [3.05, 3.63) is 35.4 Å². The molecule has 1 aliphatic rings. The van der Waals surface area contributed by atoms with Crippen molar-refractivity contribution in [1.82, 2.24) is 10.2 Å². The molecule has 0 spiro atoms. The van der Waals surface area contributed by atoms with Crippen molar-refractivity contribution >= 4 is 18.3 Å². The van der Waals surface area contributed by atoms with E-state index in [1.54, 1.807) is 11.9 Å². The molecule has 0 unspecified atom stereocenters. The monoisotopic (exact) mass is 308 g/mol. The predicted octanol–water partition coefficient (Wildman–Crippen LogP) is 2.56. The van der Waals surface area contributed by atoms with Gasteiger partial charge in [0.2, 0.25) is 0 Å². The fourth-order valence-corrected chi connectivity index (χ4v) is 2.14. The smallest absolute Gasteiger partial charge is 0.337 e. The molecule has 1 aromatic carbocycles. The first kappa shape index (κ1) is 16.8. The maximum absolute atomic E-state index is 12.4. The number of alkyl halides is 3. The first-order chi connectivity index (χ1) is 8.89. The molecule has 1 aromatic rings. The Morgan fingerprint density at radius 3 is 2.35 bits per heavy atom. The van der Waals surface area contributed by atoms with E-state index in [2.05, 4.69) is 5.32 Å². The second-order valence-electron chi connectivity index (χ2n) is 4.64. The fraction of sp³-hybridized carbons (Fsp3) is 0.462. The summed E-state index contributed by atoms with van der Waals surface area (Å²) < 4.78 is 37.3. The molecule has 1 amide bonds. The van der Waals surface area contributed by atoms with Crippen molar-refractivity contribution in [3.8, 4) is 0 Å². The third-order valence-corrected chi connectivity index (χ3v) is 3.36. The normalized spacial score (nSPS) is 18.5. The SMILES string of the molecule is CN(C(=O)c1ccc(C(F)(F)F)cc1)[C@H]1CCNC1.Cl. The molecule has 1 fully saturated rings. The van der Waals surface area contributed by atoms with E-state index in [4.69, 9.17) is 0 Å². The number of amides is 1. The molecule has 7 heteroatoms. The highest BCUT2D eigenvalue weighted by Gasteiger charge is 2.30. The Balaban J connectivity index is 0.00000200. The summed E-state index contributed by atoms with van der Waals surface area (Å²) in [6.07, 6.45) is -3.51. The number of benzene rings is 1. The Kier molecular flexibility index (Phi) is 5.42. The van der Waals surface area contributed by atoms with E-state index in [9.17, 15) is 18.0 Å². The van der Waals surface area contributed by atoms with Gasteiger partial charge in [-0.15, -0.1) is 12.4 Å². The van der Waals surface area contributed by atoms with E-state index >= 15 is 0 Å². The number of nitrogens with zero attached hydrogens (tertiary/aromatic N) is 1. The molecule has 0 saturated carbocycles. The van der Waals surface area contributed by atoms with Gasteiger partial charge in [0.15, 0.2) is 0 Å². The minimum atomic E-state index is -4.37. The number of hydrogen-bond acceptors (Lipinski definition) is 2. The number of carbonyl (C=O) groups is 1. The molecular weight excluding hydrogens is 293 g/mol. The lowest BCUT2D eigenvalue weighted by Crippen LogP contribution is -2.38. The van der Waals surface area contributed by atoms with E-state index < -0.39 is 11.7 Å². The minimum absolute atomic E-state index is 0. The summed E-state index contributed by atoms with van der Waals surface area (Å²) in [7, 11) is 1.68. The largest absolute Gasteiger partial charge is 0.416 e. The van der Waals surface area contributed by atoms with Gasteiger partial charge in [-0.25, -0.2) is 0 Å². The summed E-state index contributed by atoms with van der Waals surface area (Å²) >= 11 is 0. The number of likely N-dealkylation sites (N-methyl/N-ethyl adjacent to an activating group) is 1. The Morgan fingerprint density at radius 2 is 1.90 bits per heavy atom. The van der Waals surface area contributed by atoms with Crippen molar-refractivity contribution in [1.29, 1.82) is 0 Å². The molecule has 1 aliphatic heterocycles. The molecule has 1 saturated heterocycles. The predicted molar refractivity (Wildman–Crippen MR) is 72.1 cm³/mol. The van der Waals surface area contributed by atoms with Gasteiger partial charge in [-0.05, 0) is 37.2 Å². The average molecular weight is 309 g/mol. The zero-order valence-corrected chi connectivity index (χ0v) is 11.7. The van der Waals surface area contributed by atoms with E-state index in [-0.39, 0.29) is 29.9 Å². The van der Waals surface area contributed by atoms with Crippen LogP contribution >= 0.6 is 12.4 Å². The lowest BCUT2D eigenvalue weighted by atomic mass is 10.1. The second-order valence-corrected chi connectivity index (χ2v) is 4.64. The first-order valence-corrected chi connectivity index (χ1v) is 6.05. The number of nitrogens with one attached hydrogen (secondary N) is 1. The third kappa shape index (κ3) is 3.64. The lowest BCUT2D eigenvalue weighted by Gasteiger charge is -2.23. The number of halogens is 4. The van der Waals surface area contributed by atoms with Crippen LogP contribution in [0.2, 0.25) is 0 Å². The van der Waals surface area contributed by atoms with Gasteiger partial charge in [-0.3, -0.25) is 4.79 Å². The molecule has 0 bridgehead atoms. The molecule has 112 valence electrons. The topological polar surface area (TPSA) is 32.3 Å². The Hall–Kier alpha value is -1.27. The van der Waals surface area contributed by atoms with Crippen molar-refractivity contribution in [3.63, 3.8) is 0 Å². The van der Waals surface area contributed by atoms with E-state index in [1.165, 1.54) is 12.1 Å². The third-order valence-electron chi connectivity index (χ3n) is 3.36. The fourth-order valence-electron chi connectivity index (χ4n) is 2.14. The van der Waals surface area contributed by atoms with E-state index in [1.807, 2.05) is 0 Å². The lowest BCUT2D eigenvalue weighted by molar-refractivity contribution is -0.137. The molecule has 1 heterocycles. The second kappa shape index (κ2) is 6.45. The summed E-state index contributed by atoms with van der Waals surface area (Å²) in [5, 5.41) is 3.15. The van der Waals surface area contributed by atoms with Crippen molar-refractivity contribution in [2.75, 3.05) is 20.1 Å². The molecule has 2 rings (SSSR count). The van der Waals surface area contributed by atoms with Crippen LogP contribution in [-0.4, -0.2) is 37.0 Å². The van der Waals surface area contributed by atoms with Crippen LogP contribution in [0.5, 0.6) is 0 Å². The van der Waals surface area contributed by atoms with Crippen LogP contribution in [0, 0.1) is 0 Å². The van der Waals surface area contributed by atoms with Gasteiger partial charge in [0.1, 0.15) is 0 Å². The number of hydrogen-bond donors (Lipinski definition) is 1. The van der Waals surface area contributed by atoms with Crippen molar-refractivity contribution < 1.29 is 18.0 Å². The maximum atomic E-state index is 12.4. The Bertz CT molecular complexity index is 456. The molecule has 1 N–H and O–H groups in total. The minimum Gasteiger partial charge on any atom is -0.337 e. The molecule has 1 atom stereocenters. The number of carbonyl (C=O) groups excluding carboxylic acids is 1. The summed E-state index contributed by atoms with van der Waals surface area (Å²) in [6, 6.07) is 4.44. The van der Waals surface area contributed by atoms with Crippen LogP contribution in [0.3, 0.4) is 0 Å². The highest BCUT2D eigenvalue weighted by atomic mass is 35.5. The average Bonchev–Trinajstić information content (AvgIpc) is 2.90. The van der Waals surface area contributed by atoms with Gasteiger partial charge in [0.25, 0.3) is 5.91 Å². The number of rotatable bonds is 2. The zero-order chi connectivity index (χ0) is 14.0. The highest BCUT2D eigenvalue weighted by molar-refractivity contribution is 5.94. The van der Waals surface area contributed by atoms with Crippen LogP contribution in [-0.2, 0) is 6.18 Å². The van der Waals surface area contributed by atoms with Crippen molar-refractivity contribution in [2.24, 2.45) is 0 Å². The van der Waals surface area contributed by atoms with Gasteiger partial charge in [-0.1, -0.05) is 0 Å². The standard InChI is InChI=1S/C13H15F3N2O.ClH/c1-18(11-6-7-17-8-11)12(19)9-2-4-10(5-3-9)13(14,15)16;/h2-5,11,17H,6-8H2,1H3;1H/t11-;/m0./s1. The molecule has 0 aromatic heterocycles. The van der Waals surface area contributed by atoms with Gasteiger partial charge in [-0.2, -0.15) is 13.2 Å². The molecular formula is C13H16ClF3N2O. The first-order valence-electron chi connectivity index (χ1n) is 6.05. The molecule has 0 aliphatic carbocycles. The van der Waals surface area contributed by atoms with Crippen LogP contribution in [0.1, 0.15) is 22.3 Å². The van der Waals surface area contributed by atoms with Crippen molar-refractivity contribution in [2.45, 2.75) is 18.6 Å². The van der Waals surface area contributed by atoms with Crippen LogP contribution < -0.4 is 5.32 Å². The van der Waals surface area contributed by atoms with Gasteiger partial charge < -0.3 is 10.2 Å². The van der Waals surface area contributed by atoms with E-state index in [0.717, 1.165) is 31.6 Å². The Labute approximate surface area is 121 Å².